The molecule has 0 unspecified atom stereocenters. The number of allylic oxidation sites excluding steroid dienone is 1. The highest BCUT2D eigenvalue weighted by molar-refractivity contribution is 6.77. The molecule has 0 aromatic carbocycles. The van der Waals surface area contributed by atoms with Gasteiger partial charge >= 0.3 is 0 Å². The molecule has 0 aromatic heterocycles. The molecule has 0 rings (SSSR count). The largest absolute Gasteiger partial charge is 0.503 e. The van der Waals surface area contributed by atoms with E-state index in [1.165, 1.54) is 0 Å². The minimum Gasteiger partial charge on any atom is -0.503 e. The van der Waals surface area contributed by atoms with E-state index in [1.807, 2.05) is 6.92 Å². The number of hydrogen-bond acceptors (Lipinski definition) is 2. The molecule has 0 atom stereocenters. The van der Waals surface area contributed by atoms with E-state index in [-0.39, 0.29) is 0 Å². The zero-order chi connectivity index (χ0) is 15.1. The van der Waals surface area contributed by atoms with E-state index in [2.05, 4.69) is 53.4 Å². The van der Waals surface area contributed by atoms with E-state index >= 15 is 0 Å². The summed E-state index contributed by atoms with van der Waals surface area (Å²) in [5.41, 5.74) is 2.73. The van der Waals surface area contributed by atoms with Gasteiger partial charge in [0.2, 0.25) is 8.32 Å². The zero-order valence-electron chi connectivity index (χ0n) is 13.8. The molecule has 0 fully saturated rings. The van der Waals surface area contributed by atoms with E-state index in [0.29, 0.717) is 23.2 Å². The zero-order valence-corrected chi connectivity index (χ0v) is 14.8. The second-order valence-electron chi connectivity index (χ2n) is 5.94. The van der Waals surface area contributed by atoms with Crippen molar-refractivity contribution >= 4 is 8.32 Å². The summed E-state index contributed by atoms with van der Waals surface area (Å²) in [7, 11) is -0.136. The lowest BCUT2D eigenvalue weighted by Gasteiger charge is -2.41. The van der Waals surface area contributed by atoms with Crippen LogP contribution >= 0.6 is 0 Å². The van der Waals surface area contributed by atoms with E-state index in [1.54, 1.807) is 13.4 Å². The Hall–Kier alpha value is -0.723. The maximum atomic E-state index is 6.34. The lowest BCUT2D eigenvalue weighted by atomic mass is 10.3. The van der Waals surface area contributed by atoms with Crippen LogP contribution in [-0.4, -0.2) is 22.0 Å². The van der Waals surface area contributed by atoms with Gasteiger partial charge in [-0.15, -0.1) is 0 Å². The van der Waals surface area contributed by atoms with Crippen molar-refractivity contribution in [1.29, 1.82) is 0 Å². The van der Waals surface area contributed by atoms with Crippen LogP contribution in [0.1, 0.15) is 48.5 Å². The molecule has 2 nitrogen and oxygen atoms in total. The number of rotatable bonds is 6. The van der Waals surface area contributed by atoms with Gasteiger partial charge in [0, 0.05) is 5.57 Å². The monoisotopic (exact) mass is 282 g/mol. The van der Waals surface area contributed by atoms with Gasteiger partial charge in [-0.3, -0.25) is 0 Å². The standard InChI is InChI=1S/C16H30O2Si/c1-13(2)19(14(3)4,15(5)6)18-11-9-10-16(7)12-17-8/h12-15H,11H2,1-8H3/b16-12+. The van der Waals surface area contributed by atoms with Crippen LogP contribution in [-0.2, 0) is 9.16 Å². The molecule has 0 aliphatic carbocycles. The first kappa shape index (κ1) is 18.3. The molecule has 0 spiro atoms. The smallest absolute Gasteiger partial charge is 0.201 e. The summed E-state index contributed by atoms with van der Waals surface area (Å²) in [5.74, 6) is 6.16. The third-order valence-corrected chi connectivity index (χ3v) is 9.74. The Morgan fingerprint density at radius 1 is 1.05 bits per heavy atom. The molecule has 0 saturated heterocycles. The summed E-state index contributed by atoms with van der Waals surface area (Å²) >= 11 is 0. The molecule has 3 heteroatoms. The maximum Gasteiger partial charge on any atom is 0.201 e. The van der Waals surface area contributed by atoms with Crippen molar-refractivity contribution in [1.82, 2.24) is 0 Å². The van der Waals surface area contributed by atoms with Crippen LogP contribution in [0.3, 0.4) is 0 Å². The van der Waals surface area contributed by atoms with Crippen molar-refractivity contribution in [3.8, 4) is 11.8 Å². The minimum atomic E-state index is -1.77. The predicted molar refractivity (Wildman–Crippen MR) is 85.5 cm³/mol. The predicted octanol–water partition coefficient (Wildman–Crippen LogP) is 4.73. The van der Waals surface area contributed by atoms with Crippen molar-refractivity contribution in [3.63, 3.8) is 0 Å². The normalized spacial score (nSPS) is 12.9. The third-order valence-electron chi connectivity index (χ3n) is 3.68. The summed E-state index contributed by atoms with van der Waals surface area (Å²) in [6.07, 6.45) is 1.66. The number of hydrogen-bond donors (Lipinski definition) is 0. The molecule has 0 amide bonds. The fourth-order valence-electron chi connectivity index (χ4n) is 3.04. The highest BCUT2D eigenvalue weighted by Crippen LogP contribution is 2.41. The van der Waals surface area contributed by atoms with Gasteiger partial charge in [-0.25, -0.2) is 0 Å². The Labute approximate surface area is 120 Å². The highest BCUT2D eigenvalue weighted by atomic mass is 28.4. The third kappa shape index (κ3) is 5.04. The second-order valence-corrected chi connectivity index (χ2v) is 11.4. The fraction of sp³-hybridized carbons (Fsp3) is 0.750. The number of ether oxygens (including phenoxy) is 1. The van der Waals surface area contributed by atoms with Crippen LogP contribution in [0.2, 0.25) is 16.6 Å². The maximum absolute atomic E-state index is 6.34. The first-order valence-corrected chi connectivity index (χ1v) is 9.25. The molecule has 19 heavy (non-hydrogen) atoms. The molecule has 0 heterocycles. The van der Waals surface area contributed by atoms with Gasteiger partial charge < -0.3 is 9.16 Å². The molecular formula is C16H30O2Si. The Morgan fingerprint density at radius 2 is 1.53 bits per heavy atom. The molecule has 0 aliphatic heterocycles. The van der Waals surface area contributed by atoms with Crippen molar-refractivity contribution in [2.75, 3.05) is 13.7 Å². The van der Waals surface area contributed by atoms with Crippen LogP contribution in [0.15, 0.2) is 11.8 Å². The highest BCUT2D eigenvalue weighted by Gasteiger charge is 2.44. The van der Waals surface area contributed by atoms with Crippen LogP contribution in [0.4, 0.5) is 0 Å². The molecule has 0 saturated carbocycles. The molecule has 0 radical (unpaired) electrons. The first-order chi connectivity index (χ1) is 8.78. The fourth-order valence-corrected chi connectivity index (χ4v) is 8.36. The van der Waals surface area contributed by atoms with Crippen LogP contribution in [0.25, 0.3) is 0 Å². The Morgan fingerprint density at radius 3 is 1.89 bits per heavy atom. The van der Waals surface area contributed by atoms with Gasteiger partial charge in [-0.1, -0.05) is 53.4 Å². The second kappa shape index (κ2) is 8.45. The first-order valence-electron chi connectivity index (χ1n) is 7.11. The van der Waals surface area contributed by atoms with E-state index in [4.69, 9.17) is 9.16 Å². The van der Waals surface area contributed by atoms with Crippen LogP contribution in [0, 0.1) is 11.8 Å². The van der Waals surface area contributed by atoms with Gasteiger partial charge in [-0.2, -0.15) is 0 Å². The molecule has 0 bridgehead atoms. The van der Waals surface area contributed by atoms with Crippen molar-refractivity contribution in [2.24, 2.45) is 0 Å². The lowest BCUT2D eigenvalue weighted by Crippen LogP contribution is -2.47. The van der Waals surface area contributed by atoms with E-state index in [0.717, 1.165) is 5.57 Å². The molecule has 0 aromatic rings. The van der Waals surface area contributed by atoms with Gasteiger partial charge in [0.05, 0.1) is 20.0 Å². The van der Waals surface area contributed by atoms with Gasteiger partial charge in [0.1, 0.15) is 0 Å². The topological polar surface area (TPSA) is 18.5 Å². The quantitative estimate of drug-likeness (QED) is 0.398. The lowest BCUT2D eigenvalue weighted by molar-refractivity contribution is 0.322. The van der Waals surface area contributed by atoms with Crippen molar-refractivity contribution < 1.29 is 9.16 Å². The van der Waals surface area contributed by atoms with E-state index < -0.39 is 8.32 Å². The van der Waals surface area contributed by atoms with Crippen LogP contribution in [0.5, 0.6) is 0 Å². The summed E-state index contributed by atoms with van der Waals surface area (Å²) in [6, 6.07) is 0. The van der Waals surface area contributed by atoms with E-state index in [9.17, 15) is 0 Å². The van der Waals surface area contributed by atoms with Gasteiger partial charge in [0.15, 0.2) is 0 Å². The molecule has 0 N–H and O–H groups in total. The van der Waals surface area contributed by atoms with Crippen molar-refractivity contribution in [2.45, 2.75) is 65.1 Å². The Kier molecular flexibility index (Phi) is 8.13. The molecular weight excluding hydrogens is 252 g/mol. The van der Waals surface area contributed by atoms with Crippen LogP contribution < -0.4 is 0 Å². The van der Waals surface area contributed by atoms with Gasteiger partial charge in [0.25, 0.3) is 0 Å². The minimum absolute atomic E-state index is 0.523. The summed E-state index contributed by atoms with van der Waals surface area (Å²) in [5, 5.41) is 0. The summed E-state index contributed by atoms with van der Waals surface area (Å²) in [4.78, 5) is 0. The Balaban J connectivity index is 4.83. The average molecular weight is 283 g/mol. The molecule has 0 aliphatic rings. The van der Waals surface area contributed by atoms with Crippen molar-refractivity contribution in [3.05, 3.63) is 11.8 Å². The average Bonchev–Trinajstić information content (AvgIpc) is 2.27. The Bertz CT molecular complexity index is 324. The van der Waals surface area contributed by atoms with Gasteiger partial charge in [-0.05, 0) is 23.5 Å². The molecule has 110 valence electrons. The SMILES string of the molecule is CO/C=C(\C)C#CCO[Si](C(C)C)(C(C)C)C(C)C. The number of methoxy groups -OCH3 is 1. The summed E-state index contributed by atoms with van der Waals surface area (Å²) in [6.45, 7) is 16.2. The summed E-state index contributed by atoms with van der Waals surface area (Å²) < 4.78 is 11.3.